The summed E-state index contributed by atoms with van der Waals surface area (Å²) >= 11 is 8.06. The number of ether oxygens (including phenoxy) is 1. The molecule has 5 rings (SSSR count). The molecular weight excluding hydrogens is 491 g/mol. The minimum Gasteiger partial charge on any atom is -0.496 e. The van der Waals surface area contributed by atoms with Crippen molar-refractivity contribution in [3.05, 3.63) is 58.1 Å². The molecule has 35 heavy (non-hydrogen) atoms. The average Bonchev–Trinajstić information content (AvgIpc) is 3.44. The van der Waals surface area contributed by atoms with Crippen LogP contribution in [0.15, 0.2) is 36.5 Å². The van der Waals surface area contributed by atoms with E-state index in [0.29, 0.717) is 17.3 Å². The summed E-state index contributed by atoms with van der Waals surface area (Å²) < 4.78 is 20.7. The molecule has 11 heteroatoms. The summed E-state index contributed by atoms with van der Waals surface area (Å²) in [5.41, 5.74) is 8.32. The predicted molar refractivity (Wildman–Crippen MR) is 136 cm³/mol. The zero-order chi connectivity index (χ0) is 24.7. The second kappa shape index (κ2) is 9.37. The summed E-state index contributed by atoms with van der Waals surface area (Å²) in [6.45, 7) is 3.29. The largest absolute Gasteiger partial charge is 0.496 e. The highest BCUT2D eigenvalue weighted by atomic mass is 35.5. The monoisotopic (exact) mass is 512 g/mol. The number of amides is 1. The zero-order valence-corrected chi connectivity index (χ0v) is 20.6. The molecule has 4 aromatic rings. The third-order valence-corrected chi connectivity index (χ3v) is 7.21. The van der Waals surface area contributed by atoms with Gasteiger partial charge < -0.3 is 20.7 Å². The Labute approximate surface area is 209 Å². The van der Waals surface area contributed by atoms with Crippen LogP contribution in [0.25, 0.3) is 21.6 Å². The number of aryl methyl sites for hydroxylation is 1. The Bertz CT molecular complexity index is 1450. The number of nitrogens with two attached hydrogens (primary N) is 1. The first-order valence-corrected chi connectivity index (χ1v) is 12.1. The van der Waals surface area contributed by atoms with Gasteiger partial charge in [0.25, 0.3) is 5.91 Å². The second-order valence-electron chi connectivity index (χ2n) is 8.20. The van der Waals surface area contributed by atoms with Gasteiger partial charge >= 0.3 is 0 Å². The highest BCUT2D eigenvalue weighted by Crippen LogP contribution is 2.42. The number of hydrogen-bond acceptors (Lipinski definition) is 8. The van der Waals surface area contributed by atoms with Crippen LogP contribution in [0, 0.1) is 12.7 Å². The van der Waals surface area contributed by atoms with Gasteiger partial charge in [-0.05, 0) is 37.6 Å². The average molecular weight is 513 g/mol. The number of nitrogens with zero attached hydrogens (tertiary/aromatic N) is 4. The van der Waals surface area contributed by atoms with Crippen LogP contribution in [0.4, 0.5) is 15.8 Å². The van der Waals surface area contributed by atoms with Crippen LogP contribution in [0.5, 0.6) is 5.75 Å². The fraction of sp³-hybridized carbons (Fsp3) is 0.250. The van der Waals surface area contributed by atoms with E-state index in [0.717, 1.165) is 33.9 Å². The van der Waals surface area contributed by atoms with Crippen molar-refractivity contribution in [1.82, 2.24) is 15.0 Å². The number of benzene rings is 2. The maximum absolute atomic E-state index is 14.6. The first-order chi connectivity index (χ1) is 16.9. The molecule has 0 spiro atoms. The summed E-state index contributed by atoms with van der Waals surface area (Å²) in [6.07, 6.45) is 2.24. The Balaban J connectivity index is 1.54. The molecule has 2 aromatic heterocycles. The Morgan fingerprint density at radius 1 is 1.34 bits per heavy atom. The summed E-state index contributed by atoms with van der Waals surface area (Å²) in [4.78, 5) is 28.6. The van der Waals surface area contributed by atoms with E-state index in [-0.39, 0.29) is 28.9 Å². The molecule has 1 aliphatic heterocycles. The Hall–Kier alpha value is -3.34. The topological polar surface area (TPSA) is 106 Å². The molecule has 1 atom stereocenters. The van der Waals surface area contributed by atoms with Crippen LogP contribution in [0.1, 0.15) is 21.9 Å². The fourth-order valence-corrected chi connectivity index (χ4v) is 5.37. The molecule has 2 aromatic carbocycles. The molecule has 3 heterocycles. The lowest BCUT2D eigenvalue weighted by atomic mass is 10.1. The van der Waals surface area contributed by atoms with Crippen LogP contribution in [0.2, 0.25) is 5.02 Å². The lowest BCUT2D eigenvalue weighted by Crippen LogP contribution is -2.27. The number of aromatic nitrogens is 3. The number of carbonyl (C=O) groups is 1. The molecule has 8 nitrogen and oxygen atoms in total. The number of halogens is 2. The molecule has 1 fully saturated rings. The van der Waals surface area contributed by atoms with Gasteiger partial charge in [-0.25, -0.2) is 19.3 Å². The van der Waals surface area contributed by atoms with Crippen LogP contribution in [-0.2, 0) is 0 Å². The lowest BCUT2D eigenvalue weighted by Gasteiger charge is -2.23. The Morgan fingerprint density at radius 2 is 2.17 bits per heavy atom. The number of nitrogens with one attached hydrogen (secondary N) is 1. The third-order valence-electron chi connectivity index (χ3n) is 5.80. The number of methoxy groups -OCH3 is 1. The Morgan fingerprint density at radius 3 is 2.91 bits per heavy atom. The van der Waals surface area contributed by atoms with Crippen molar-refractivity contribution in [2.24, 2.45) is 5.73 Å². The molecule has 0 bridgehead atoms. The van der Waals surface area contributed by atoms with Gasteiger partial charge in [-0.1, -0.05) is 17.7 Å². The smallest absolute Gasteiger partial charge is 0.274 e. The highest BCUT2D eigenvalue weighted by Gasteiger charge is 2.27. The van der Waals surface area contributed by atoms with Gasteiger partial charge in [0.1, 0.15) is 22.8 Å². The lowest BCUT2D eigenvalue weighted by molar-refractivity contribution is 0.102. The molecule has 0 unspecified atom stereocenters. The van der Waals surface area contributed by atoms with Crippen molar-refractivity contribution in [1.29, 1.82) is 0 Å². The molecule has 0 aliphatic carbocycles. The van der Waals surface area contributed by atoms with E-state index in [4.69, 9.17) is 22.1 Å². The quantitative estimate of drug-likeness (QED) is 0.401. The summed E-state index contributed by atoms with van der Waals surface area (Å²) in [5.74, 6) is -0.727. The van der Waals surface area contributed by atoms with Gasteiger partial charge in [0.2, 0.25) is 0 Å². The molecule has 1 saturated heterocycles. The number of thiazole rings is 1. The van der Waals surface area contributed by atoms with Crippen molar-refractivity contribution < 1.29 is 13.9 Å². The molecule has 0 saturated carbocycles. The van der Waals surface area contributed by atoms with E-state index in [1.54, 1.807) is 12.1 Å². The maximum Gasteiger partial charge on any atom is 0.274 e. The first-order valence-electron chi connectivity index (χ1n) is 10.9. The zero-order valence-electron chi connectivity index (χ0n) is 19.0. The minimum atomic E-state index is -0.550. The SMILES string of the molecule is COc1cccc(F)c1-c1nccc(C(=O)Nc2cc(Cl)c3sc(C)nc3c2N2CC[C@H](N)C2)n1. The number of anilines is 2. The van der Waals surface area contributed by atoms with E-state index in [1.165, 1.54) is 42.8 Å². The van der Waals surface area contributed by atoms with Crippen LogP contribution >= 0.6 is 22.9 Å². The van der Waals surface area contributed by atoms with Gasteiger partial charge in [-0.15, -0.1) is 11.3 Å². The van der Waals surface area contributed by atoms with E-state index in [1.807, 2.05) is 6.92 Å². The van der Waals surface area contributed by atoms with E-state index < -0.39 is 11.7 Å². The summed E-state index contributed by atoms with van der Waals surface area (Å²) in [6, 6.07) is 7.64. The van der Waals surface area contributed by atoms with Gasteiger partial charge in [0.15, 0.2) is 5.82 Å². The van der Waals surface area contributed by atoms with Crippen LogP contribution < -0.4 is 20.7 Å². The normalized spacial score (nSPS) is 15.6. The van der Waals surface area contributed by atoms with Crippen molar-refractivity contribution in [2.45, 2.75) is 19.4 Å². The van der Waals surface area contributed by atoms with Crippen molar-refractivity contribution in [3.8, 4) is 17.1 Å². The number of fused-ring (bicyclic) bond motifs is 1. The van der Waals surface area contributed by atoms with Gasteiger partial charge in [-0.3, -0.25) is 4.79 Å². The summed E-state index contributed by atoms with van der Waals surface area (Å²) in [7, 11) is 1.43. The molecule has 1 aliphatic rings. The summed E-state index contributed by atoms with van der Waals surface area (Å²) in [5, 5.41) is 4.29. The standard InChI is InChI=1S/C24H22ClFN6O2S/c1-12-29-20-21(32-9-7-13(27)11-32)17(10-14(25)22(20)35-12)31-24(33)16-6-8-28-23(30-16)19-15(26)4-3-5-18(19)34-2/h3-6,8,10,13H,7,9,11,27H2,1-2H3,(H,31,33)/t13-/m0/s1. The second-order valence-corrected chi connectivity index (χ2v) is 9.81. The van der Waals surface area contributed by atoms with Crippen LogP contribution in [-0.4, -0.2) is 47.1 Å². The highest BCUT2D eigenvalue weighted by molar-refractivity contribution is 7.19. The maximum atomic E-state index is 14.6. The number of hydrogen-bond donors (Lipinski definition) is 2. The number of rotatable bonds is 5. The fourth-order valence-electron chi connectivity index (χ4n) is 4.23. The first kappa shape index (κ1) is 23.4. The van der Waals surface area contributed by atoms with E-state index in [2.05, 4.69) is 25.2 Å². The van der Waals surface area contributed by atoms with Gasteiger partial charge in [-0.2, -0.15) is 0 Å². The number of carbonyl (C=O) groups excluding carboxylic acids is 1. The minimum absolute atomic E-state index is 0.0317. The van der Waals surface area contributed by atoms with Gasteiger partial charge in [0, 0.05) is 25.3 Å². The molecular formula is C24H22ClFN6O2S. The Kier molecular flexibility index (Phi) is 6.26. The van der Waals surface area contributed by atoms with Crippen molar-refractivity contribution in [2.75, 3.05) is 30.4 Å². The van der Waals surface area contributed by atoms with Crippen molar-refractivity contribution in [3.63, 3.8) is 0 Å². The molecule has 1 amide bonds. The molecule has 180 valence electrons. The molecule has 0 radical (unpaired) electrons. The van der Waals surface area contributed by atoms with E-state index >= 15 is 0 Å². The van der Waals surface area contributed by atoms with Crippen molar-refractivity contribution >= 4 is 50.4 Å². The van der Waals surface area contributed by atoms with Crippen LogP contribution in [0.3, 0.4) is 0 Å². The van der Waals surface area contributed by atoms with Gasteiger partial charge in [0.05, 0.1) is 38.8 Å². The van der Waals surface area contributed by atoms with E-state index in [9.17, 15) is 9.18 Å². The predicted octanol–water partition coefficient (Wildman–Crippen LogP) is 4.65. The molecule has 3 N–H and O–H groups in total. The third kappa shape index (κ3) is 4.40.